The summed E-state index contributed by atoms with van der Waals surface area (Å²) in [5, 5.41) is 2.81. The second kappa shape index (κ2) is 10.8. The molecule has 0 spiro atoms. The molecule has 0 atom stereocenters. The van der Waals surface area contributed by atoms with E-state index in [-0.39, 0.29) is 22.1 Å². The summed E-state index contributed by atoms with van der Waals surface area (Å²) in [4.78, 5) is 12.6. The predicted octanol–water partition coefficient (Wildman–Crippen LogP) is 3.55. The van der Waals surface area contributed by atoms with Crippen molar-refractivity contribution in [3.05, 3.63) is 48.5 Å². The third kappa shape index (κ3) is 7.07. The van der Waals surface area contributed by atoms with Crippen molar-refractivity contribution in [3.63, 3.8) is 0 Å². The summed E-state index contributed by atoms with van der Waals surface area (Å²) >= 11 is 1.73. The van der Waals surface area contributed by atoms with Crippen LogP contribution in [0, 0.1) is 0 Å². The Morgan fingerprint density at radius 3 is 2.26 bits per heavy atom. The van der Waals surface area contributed by atoms with Crippen LogP contribution < -0.4 is 19.1 Å². The zero-order valence-corrected chi connectivity index (χ0v) is 20.2. The molecule has 2 aromatic rings. The molecule has 0 aromatic heterocycles. The summed E-state index contributed by atoms with van der Waals surface area (Å²) < 4.78 is 38.5. The quantitative estimate of drug-likeness (QED) is 0.539. The van der Waals surface area contributed by atoms with Crippen molar-refractivity contribution in [1.82, 2.24) is 5.32 Å². The highest BCUT2D eigenvalue weighted by Crippen LogP contribution is 2.32. The number of nitrogens with zero attached hydrogens (tertiary/aromatic N) is 1. The number of para-hydroxylation sites is 1. The van der Waals surface area contributed by atoms with Crippen molar-refractivity contribution < 1.29 is 22.7 Å². The molecule has 1 N–H and O–H groups in total. The van der Waals surface area contributed by atoms with E-state index in [2.05, 4.69) is 26.1 Å². The number of thioether (sulfide) groups is 1. The SMILES string of the molecule is COc1ccc(S(=O)(=O)N(CC(=O)NCCSC(C)(C)C)c2ccccc2)cc1OC. The van der Waals surface area contributed by atoms with E-state index >= 15 is 0 Å². The Labute approximate surface area is 189 Å². The summed E-state index contributed by atoms with van der Waals surface area (Å²) in [7, 11) is -1.12. The monoisotopic (exact) mass is 466 g/mol. The molecule has 0 saturated carbocycles. The van der Waals surface area contributed by atoms with Crippen LogP contribution in [0.3, 0.4) is 0 Å². The van der Waals surface area contributed by atoms with E-state index < -0.39 is 10.0 Å². The van der Waals surface area contributed by atoms with Crippen molar-refractivity contribution >= 4 is 33.4 Å². The zero-order valence-electron chi connectivity index (χ0n) is 18.5. The number of benzene rings is 2. The summed E-state index contributed by atoms with van der Waals surface area (Å²) in [6, 6.07) is 12.9. The van der Waals surface area contributed by atoms with Gasteiger partial charge in [0.1, 0.15) is 6.54 Å². The highest BCUT2D eigenvalue weighted by molar-refractivity contribution is 8.00. The molecule has 7 nitrogen and oxygen atoms in total. The van der Waals surface area contributed by atoms with E-state index in [1.165, 1.54) is 32.4 Å². The summed E-state index contributed by atoms with van der Waals surface area (Å²) in [5.74, 6) is 1.08. The van der Waals surface area contributed by atoms with Crippen molar-refractivity contribution in [2.24, 2.45) is 0 Å². The fraction of sp³-hybridized carbons (Fsp3) is 0.409. The minimum Gasteiger partial charge on any atom is -0.493 e. The minimum atomic E-state index is -4.03. The van der Waals surface area contributed by atoms with Gasteiger partial charge in [0.15, 0.2) is 11.5 Å². The molecule has 0 aliphatic carbocycles. The van der Waals surface area contributed by atoms with E-state index in [0.29, 0.717) is 23.7 Å². The first-order chi connectivity index (χ1) is 14.6. The van der Waals surface area contributed by atoms with E-state index in [0.717, 1.165) is 10.1 Å². The molecule has 31 heavy (non-hydrogen) atoms. The number of carbonyl (C=O) groups excluding carboxylic acids is 1. The fourth-order valence-corrected chi connectivity index (χ4v) is 5.00. The van der Waals surface area contributed by atoms with Gasteiger partial charge in [0.25, 0.3) is 10.0 Å². The maximum atomic E-state index is 13.4. The van der Waals surface area contributed by atoms with Crippen LogP contribution >= 0.6 is 11.8 Å². The number of nitrogens with one attached hydrogen (secondary N) is 1. The van der Waals surface area contributed by atoms with E-state index in [4.69, 9.17) is 9.47 Å². The van der Waals surface area contributed by atoms with E-state index in [1.807, 2.05) is 0 Å². The maximum Gasteiger partial charge on any atom is 0.264 e. The van der Waals surface area contributed by atoms with Crippen LogP contribution in [0.1, 0.15) is 20.8 Å². The Bertz CT molecular complexity index is 973. The molecule has 2 rings (SSSR count). The Kier molecular flexibility index (Phi) is 8.64. The van der Waals surface area contributed by atoms with Gasteiger partial charge in [0.05, 0.1) is 24.8 Å². The van der Waals surface area contributed by atoms with Gasteiger partial charge in [-0.3, -0.25) is 9.10 Å². The van der Waals surface area contributed by atoms with Gasteiger partial charge in [0, 0.05) is 23.1 Å². The standard InChI is InChI=1S/C22H30N2O5S2/c1-22(2,3)30-14-13-23-21(25)16-24(17-9-7-6-8-10-17)31(26,27)18-11-12-19(28-4)20(15-18)29-5/h6-12,15H,13-14,16H2,1-5H3,(H,23,25). The van der Waals surface area contributed by atoms with Gasteiger partial charge in [0.2, 0.25) is 5.91 Å². The first-order valence-electron chi connectivity index (χ1n) is 9.79. The first-order valence-corrected chi connectivity index (χ1v) is 12.2. The van der Waals surface area contributed by atoms with Gasteiger partial charge in [-0.2, -0.15) is 11.8 Å². The molecule has 1 amide bonds. The third-order valence-electron chi connectivity index (χ3n) is 4.23. The maximum absolute atomic E-state index is 13.4. The first kappa shape index (κ1) is 24.9. The number of hydrogen-bond acceptors (Lipinski definition) is 6. The number of methoxy groups -OCH3 is 2. The zero-order chi connectivity index (χ0) is 23.1. The second-order valence-corrected chi connectivity index (χ2v) is 11.5. The molecule has 9 heteroatoms. The average molecular weight is 467 g/mol. The second-order valence-electron chi connectivity index (χ2n) is 7.67. The van der Waals surface area contributed by atoms with Crippen LogP contribution in [0.5, 0.6) is 11.5 Å². The normalized spacial score (nSPS) is 11.6. The molecule has 0 aliphatic rings. The third-order valence-corrected chi connectivity index (χ3v) is 7.28. The van der Waals surface area contributed by atoms with Crippen molar-refractivity contribution in [1.29, 1.82) is 0 Å². The Balaban J connectivity index is 2.27. The molecule has 0 unspecified atom stereocenters. The number of anilines is 1. The Hall–Kier alpha value is -2.39. The number of carbonyl (C=O) groups is 1. The molecular formula is C22H30N2O5S2. The molecule has 0 radical (unpaired) electrons. The average Bonchev–Trinajstić information content (AvgIpc) is 2.74. The van der Waals surface area contributed by atoms with Crippen LogP contribution in [0.4, 0.5) is 5.69 Å². The van der Waals surface area contributed by atoms with Crippen LogP contribution in [0.15, 0.2) is 53.4 Å². The summed E-state index contributed by atoms with van der Waals surface area (Å²) in [6.45, 7) is 6.44. The van der Waals surface area contributed by atoms with Gasteiger partial charge in [-0.15, -0.1) is 0 Å². The van der Waals surface area contributed by atoms with E-state index in [9.17, 15) is 13.2 Å². The molecule has 0 heterocycles. The van der Waals surface area contributed by atoms with Gasteiger partial charge >= 0.3 is 0 Å². The molecule has 2 aromatic carbocycles. The van der Waals surface area contributed by atoms with Crippen molar-refractivity contribution in [3.8, 4) is 11.5 Å². The van der Waals surface area contributed by atoms with Crippen LogP contribution in [-0.4, -0.2) is 52.1 Å². The number of hydrogen-bond donors (Lipinski definition) is 1. The highest BCUT2D eigenvalue weighted by atomic mass is 32.2. The molecule has 0 saturated heterocycles. The Morgan fingerprint density at radius 2 is 1.68 bits per heavy atom. The topological polar surface area (TPSA) is 84.9 Å². The van der Waals surface area contributed by atoms with Gasteiger partial charge < -0.3 is 14.8 Å². The van der Waals surface area contributed by atoms with Gasteiger partial charge in [-0.05, 0) is 24.3 Å². The lowest BCUT2D eigenvalue weighted by Crippen LogP contribution is -2.41. The fourth-order valence-electron chi connectivity index (χ4n) is 2.75. The summed E-state index contributed by atoms with van der Waals surface area (Å²) in [6.07, 6.45) is 0. The molecule has 0 fully saturated rings. The lowest BCUT2D eigenvalue weighted by molar-refractivity contribution is -0.119. The minimum absolute atomic E-state index is 0.00471. The molecule has 0 bridgehead atoms. The number of ether oxygens (including phenoxy) is 2. The number of rotatable bonds is 10. The van der Waals surface area contributed by atoms with Gasteiger partial charge in [-0.25, -0.2) is 8.42 Å². The number of sulfonamides is 1. The largest absolute Gasteiger partial charge is 0.493 e. The predicted molar refractivity (Wildman–Crippen MR) is 126 cm³/mol. The molecule has 0 aliphatic heterocycles. The smallest absolute Gasteiger partial charge is 0.264 e. The molecular weight excluding hydrogens is 436 g/mol. The number of amides is 1. The van der Waals surface area contributed by atoms with Crippen molar-refractivity contribution in [2.75, 3.05) is 37.4 Å². The van der Waals surface area contributed by atoms with Crippen LogP contribution in [0.25, 0.3) is 0 Å². The van der Waals surface area contributed by atoms with Crippen LogP contribution in [0.2, 0.25) is 0 Å². The Morgan fingerprint density at radius 1 is 1.03 bits per heavy atom. The van der Waals surface area contributed by atoms with E-state index in [1.54, 1.807) is 42.1 Å². The lowest BCUT2D eigenvalue weighted by atomic mass is 10.3. The van der Waals surface area contributed by atoms with Crippen LogP contribution in [-0.2, 0) is 14.8 Å². The molecule has 170 valence electrons. The highest BCUT2D eigenvalue weighted by Gasteiger charge is 2.28. The summed E-state index contributed by atoms with van der Waals surface area (Å²) in [5.41, 5.74) is 0.400. The van der Waals surface area contributed by atoms with Crippen molar-refractivity contribution in [2.45, 2.75) is 30.4 Å². The lowest BCUT2D eigenvalue weighted by Gasteiger charge is -2.24. The van der Waals surface area contributed by atoms with Gasteiger partial charge in [-0.1, -0.05) is 39.0 Å².